The molecule has 18 heavy (non-hydrogen) atoms. The lowest BCUT2D eigenvalue weighted by Crippen LogP contribution is -2.15. The summed E-state index contributed by atoms with van der Waals surface area (Å²) in [4.78, 5) is 0. The van der Waals surface area contributed by atoms with Gasteiger partial charge in [0.15, 0.2) is 0 Å². The first-order chi connectivity index (χ1) is 8.52. The van der Waals surface area contributed by atoms with E-state index in [0.717, 1.165) is 9.13 Å². The Balaban J connectivity index is 2.50. The van der Waals surface area contributed by atoms with Gasteiger partial charge in [-0.1, -0.05) is 35.9 Å². The van der Waals surface area contributed by atoms with Crippen LogP contribution in [0.4, 0.5) is 4.39 Å². The van der Waals surface area contributed by atoms with E-state index in [9.17, 15) is 4.39 Å². The molecule has 94 valence electrons. The first kappa shape index (κ1) is 14.2. The van der Waals surface area contributed by atoms with Crippen molar-refractivity contribution in [2.24, 2.45) is 5.73 Å². The Morgan fingerprint density at radius 2 is 1.83 bits per heavy atom. The van der Waals surface area contributed by atoms with Gasteiger partial charge in [-0.05, 0) is 56.2 Å². The van der Waals surface area contributed by atoms with Crippen molar-refractivity contribution in [3.05, 3.63) is 66.4 Å². The molecule has 2 N–H and O–H groups in total. The van der Waals surface area contributed by atoms with Crippen LogP contribution in [0.3, 0.4) is 0 Å². The Morgan fingerprint density at radius 3 is 2.50 bits per heavy atom. The van der Waals surface area contributed by atoms with E-state index in [4.69, 9.17) is 17.3 Å². The quantitative estimate of drug-likeness (QED) is 0.522. The van der Waals surface area contributed by atoms with E-state index in [1.807, 2.05) is 24.3 Å². The van der Waals surface area contributed by atoms with Gasteiger partial charge in [-0.25, -0.2) is 4.39 Å². The lowest BCUT2D eigenvalue weighted by Gasteiger charge is -2.16. The summed E-state index contributed by atoms with van der Waals surface area (Å²) < 4.78 is 15.6. The van der Waals surface area contributed by atoms with E-state index in [2.05, 4.69) is 38.5 Å². The molecule has 0 fully saturated rings. The summed E-state index contributed by atoms with van der Waals surface area (Å²) in [6.07, 6.45) is 0. The van der Waals surface area contributed by atoms with Crippen LogP contribution in [0.15, 0.2) is 40.9 Å². The largest absolute Gasteiger partial charge is 0.320 e. The lowest BCUT2D eigenvalue weighted by molar-refractivity contribution is 0.599. The first-order valence-electron chi connectivity index (χ1n) is 5.15. The molecule has 1 unspecified atom stereocenters. The predicted molar refractivity (Wildman–Crippen MR) is 84.3 cm³/mol. The van der Waals surface area contributed by atoms with Crippen LogP contribution in [0.1, 0.15) is 17.2 Å². The summed E-state index contributed by atoms with van der Waals surface area (Å²) in [7, 11) is 0. The fourth-order valence-electron chi connectivity index (χ4n) is 1.68. The summed E-state index contributed by atoms with van der Waals surface area (Å²) in [6, 6.07) is 10.5. The van der Waals surface area contributed by atoms with E-state index >= 15 is 0 Å². The summed E-state index contributed by atoms with van der Waals surface area (Å²) in [6.45, 7) is 0. The molecule has 2 aromatic rings. The molecule has 2 rings (SSSR count). The van der Waals surface area contributed by atoms with Crippen molar-refractivity contribution in [2.75, 3.05) is 0 Å². The van der Waals surface area contributed by atoms with Crippen molar-refractivity contribution in [3.8, 4) is 0 Å². The smallest absolute Gasteiger partial charge is 0.148 e. The molecule has 0 saturated carbocycles. The van der Waals surface area contributed by atoms with Crippen molar-refractivity contribution < 1.29 is 4.39 Å². The van der Waals surface area contributed by atoms with Crippen molar-refractivity contribution in [2.45, 2.75) is 6.04 Å². The Bertz CT molecular complexity index is 591. The predicted octanol–water partition coefficient (Wildman–Crippen LogP) is 4.89. The van der Waals surface area contributed by atoms with E-state index in [-0.39, 0.29) is 5.02 Å². The number of rotatable bonds is 2. The molecule has 0 spiro atoms. The molecule has 1 atom stereocenters. The van der Waals surface area contributed by atoms with Crippen molar-refractivity contribution >= 4 is 50.1 Å². The normalized spacial score (nSPS) is 12.5. The van der Waals surface area contributed by atoms with Gasteiger partial charge in [-0.2, -0.15) is 0 Å². The third-order valence-corrected chi connectivity index (χ3v) is 4.88. The van der Waals surface area contributed by atoms with Crippen LogP contribution in [0.5, 0.6) is 0 Å². The van der Waals surface area contributed by atoms with Crippen LogP contribution in [-0.4, -0.2) is 0 Å². The van der Waals surface area contributed by atoms with E-state index < -0.39 is 11.9 Å². The molecule has 0 saturated heterocycles. The van der Waals surface area contributed by atoms with Gasteiger partial charge < -0.3 is 5.73 Å². The van der Waals surface area contributed by atoms with Gasteiger partial charge in [0.2, 0.25) is 0 Å². The van der Waals surface area contributed by atoms with Crippen LogP contribution in [0, 0.1) is 9.39 Å². The highest BCUT2D eigenvalue weighted by Crippen LogP contribution is 2.32. The second kappa shape index (κ2) is 5.86. The Labute approximate surface area is 132 Å². The highest BCUT2D eigenvalue weighted by Gasteiger charge is 2.18. The maximum Gasteiger partial charge on any atom is 0.148 e. The van der Waals surface area contributed by atoms with E-state index in [1.54, 1.807) is 12.1 Å². The molecule has 5 heteroatoms. The molecular weight excluding hydrogens is 431 g/mol. The number of halogens is 4. The Morgan fingerprint density at radius 1 is 1.17 bits per heavy atom. The van der Waals surface area contributed by atoms with Gasteiger partial charge in [-0.3, -0.25) is 0 Å². The van der Waals surface area contributed by atoms with E-state index in [0.29, 0.717) is 10.0 Å². The molecule has 0 bridgehead atoms. The number of benzene rings is 2. The molecule has 0 aliphatic carbocycles. The molecule has 0 aliphatic rings. The summed E-state index contributed by atoms with van der Waals surface area (Å²) >= 11 is 11.2. The van der Waals surface area contributed by atoms with Crippen LogP contribution >= 0.6 is 50.1 Å². The van der Waals surface area contributed by atoms with Gasteiger partial charge >= 0.3 is 0 Å². The lowest BCUT2D eigenvalue weighted by atomic mass is 9.99. The Kier molecular flexibility index (Phi) is 4.64. The molecule has 2 aromatic carbocycles. The average Bonchev–Trinajstić information content (AvgIpc) is 2.36. The fraction of sp³-hybridized carbons (Fsp3) is 0.0769. The number of hydrogen-bond donors (Lipinski definition) is 1. The van der Waals surface area contributed by atoms with Gasteiger partial charge in [0.1, 0.15) is 5.82 Å². The van der Waals surface area contributed by atoms with Gasteiger partial charge in [0.05, 0.1) is 11.1 Å². The minimum absolute atomic E-state index is 0.0638. The monoisotopic (exact) mass is 439 g/mol. The maximum absolute atomic E-state index is 14.1. The highest BCUT2D eigenvalue weighted by atomic mass is 127. The number of nitrogens with two attached hydrogens (primary N) is 1. The minimum atomic E-state index is -0.524. The summed E-state index contributed by atoms with van der Waals surface area (Å²) in [5.41, 5.74) is 7.40. The zero-order valence-corrected chi connectivity index (χ0v) is 13.6. The fourth-order valence-corrected chi connectivity index (χ4v) is 2.88. The molecule has 0 amide bonds. The Hall–Kier alpha value is -0.170. The SMILES string of the molecule is NC(c1ccccc1I)c1ccc(Br)c(Cl)c1F. The molecular formula is C13H9BrClFIN. The van der Waals surface area contributed by atoms with Crippen molar-refractivity contribution in [3.63, 3.8) is 0 Å². The molecule has 1 nitrogen and oxygen atoms in total. The van der Waals surface area contributed by atoms with Crippen molar-refractivity contribution in [1.29, 1.82) is 0 Å². The van der Waals surface area contributed by atoms with Crippen LogP contribution in [-0.2, 0) is 0 Å². The maximum atomic E-state index is 14.1. The average molecular weight is 440 g/mol. The zero-order chi connectivity index (χ0) is 13.3. The van der Waals surface area contributed by atoms with Crippen LogP contribution in [0.2, 0.25) is 5.02 Å². The summed E-state index contributed by atoms with van der Waals surface area (Å²) in [5, 5.41) is 0.0638. The van der Waals surface area contributed by atoms with Crippen LogP contribution in [0.25, 0.3) is 0 Å². The van der Waals surface area contributed by atoms with Crippen LogP contribution < -0.4 is 5.73 Å². The third kappa shape index (κ3) is 2.71. The standard InChI is InChI=1S/C13H9BrClFIN/c14-9-6-5-8(12(16)11(9)15)13(18)7-3-1-2-4-10(7)17/h1-6,13H,18H2. The van der Waals surface area contributed by atoms with Gasteiger partial charge in [-0.15, -0.1) is 0 Å². The van der Waals surface area contributed by atoms with E-state index in [1.165, 1.54) is 0 Å². The third-order valence-electron chi connectivity index (χ3n) is 2.64. The topological polar surface area (TPSA) is 26.0 Å². The number of hydrogen-bond acceptors (Lipinski definition) is 1. The van der Waals surface area contributed by atoms with Gasteiger partial charge in [0.25, 0.3) is 0 Å². The summed E-state index contributed by atoms with van der Waals surface area (Å²) in [5.74, 6) is -0.474. The minimum Gasteiger partial charge on any atom is -0.320 e. The molecule has 0 heterocycles. The zero-order valence-electron chi connectivity index (χ0n) is 9.13. The highest BCUT2D eigenvalue weighted by molar-refractivity contribution is 14.1. The second-order valence-corrected chi connectivity index (χ2v) is 6.16. The van der Waals surface area contributed by atoms with Gasteiger partial charge in [0, 0.05) is 13.6 Å². The second-order valence-electron chi connectivity index (χ2n) is 3.76. The first-order valence-corrected chi connectivity index (χ1v) is 7.40. The van der Waals surface area contributed by atoms with Crippen molar-refractivity contribution in [1.82, 2.24) is 0 Å². The molecule has 0 radical (unpaired) electrons. The molecule has 0 aromatic heterocycles. The molecule has 0 aliphatic heterocycles.